The number of anilines is 2. The van der Waals surface area contributed by atoms with Crippen molar-refractivity contribution in [3.63, 3.8) is 0 Å². The zero-order valence-corrected chi connectivity index (χ0v) is 17.0. The van der Waals surface area contributed by atoms with Gasteiger partial charge >= 0.3 is 0 Å². The second kappa shape index (κ2) is 7.87. The second-order valence-corrected chi connectivity index (χ2v) is 8.00. The van der Waals surface area contributed by atoms with Crippen molar-refractivity contribution in [1.29, 1.82) is 0 Å². The molecule has 1 aromatic carbocycles. The van der Waals surface area contributed by atoms with Crippen molar-refractivity contribution in [2.75, 3.05) is 30.8 Å². The molecule has 2 amide bonds. The molecule has 1 aromatic heterocycles. The van der Waals surface area contributed by atoms with Gasteiger partial charge in [0, 0.05) is 24.6 Å². The third-order valence-corrected chi connectivity index (χ3v) is 5.66. The SMILES string of the molecule is Cc1noc(C)c1-c1ccc(NC2CCN(C)C2)c(NC(=O)C2CCC(=O)N2)c1. The number of amides is 2. The first-order valence-corrected chi connectivity index (χ1v) is 10.0. The van der Waals surface area contributed by atoms with E-state index in [1.807, 2.05) is 32.0 Å². The molecule has 8 nitrogen and oxygen atoms in total. The Hall–Kier alpha value is -2.87. The van der Waals surface area contributed by atoms with Crippen LogP contribution in [0.4, 0.5) is 11.4 Å². The highest BCUT2D eigenvalue weighted by Crippen LogP contribution is 2.33. The number of hydrogen-bond donors (Lipinski definition) is 3. The fraction of sp³-hybridized carbons (Fsp3) is 0.476. The largest absolute Gasteiger partial charge is 0.379 e. The smallest absolute Gasteiger partial charge is 0.247 e. The van der Waals surface area contributed by atoms with E-state index in [4.69, 9.17) is 4.52 Å². The van der Waals surface area contributed by atoms with E-state index in [-0.39, 0.29) is 11.8 Å². The molecule has 0 radical (unpaired) electrons. The van der Waals surface area contributed by atoms with Gasteiger partial charge in [-0.05, 0) is 58.0 Å². The Balaban J connectivity index is 1.63. The van der Waals surface area contributed by atoms with E-state index < -0.39 is 6.04 Å². The highest BCUT2D eigenvalue weighted by Gasteiger charge is 2.28. The number of benzene rings is 1. The number of aryl methyl sites for hydroxylation is 2. The zero-order valence-electron chi connectivity index (χ0n) is 17.0. The van der Waals surface area contributed by atoms with Gasteiger partial charge in [-0.2, -0.15) is 0 Å². The fourth-order valence-electron chi connectivity index (χ4n) is 4.13. The van der Waals surface area contributed by atoms with Gasteiger partial charge in [0.1, 0.15) is 11.8 Å². The molecule has 2 aliphatic rings. The minimum absolute atomic E-state index is 0.0815. The van der Waals surface area contributed by atoms with Gasteiger partial charge < -0.3 is 25.4 Å². The molecule has 2 atom stereocenters. The predicted molar refractivity (Wildman–Crippen MR) is 111 cm³/mol. The van der Waals surface area contributed by atoms with Gasteiger partial charge in [-0.25, -0.2) is 0 Å². The molecule has 0 spiro atoms. The summed E-state index contributed by atoms with van der Waals surface area (Å²) in [7, 11) is 2.10. The topological polar surface area (TPSA) is 99.5 Å². The molecule has 0 aliphatic carbocycles. The van der Waals surface area contributed by atoms with E-state index in [2.05, 4.69) is 33.1 Å². The van der Waals surface area contributed by atoms with Crippen LogP contribution in [0, 0.1) is 13.8 Å². The highest BCUT2D eigenvalue weighted by atomic mass is 16.5. The standard InChI is InChI=1S/C21H27N5O3/c1-12-20(13(2)29-25-12)14-4-5-16(22-15-8-9-26(3)11-15)18(10-14)24-21(28)17-6-7-19(27)23-17/h4-5,10,15,17,22H,6-9,11H2,1-3H3,(H,23,27)(H,24,28). The Morgan fingerprint density at radius 3 is 2.72 bits per heavy atom. The fourth-order valence-corrected chi connectivity index (χ4v) is 4.13. The molecule has 8 heteroatoms. The average molecular weight is 397 g/mol. The lowest BCUT2D eigenvalue weighted by atomic mass is 10.0. The molecule has 0 saturated carbocycles. The van der Waals surface area contributed by atoms with Gasteiger partial charge in [-0.3, -0.25) is 9.59 Å². The minimum Gasteiger partial charge on any atom is -0.379 e. The summed E-state index contributed by atoms with van der Waals surface area (Å²) in [5.41, 5.74) is 4.24. The predicted octanol–water partition coefficient (Wildman–Crippen LogP) is 2.29. The van der Waals surface area contributed by atoms with Gasteiger partial charge in [0.25, 0.3) is 0 Å². The lowest BCUT2D eigenvalue weighted by Gasteiger charge is -2.20. The Morgan fingerprint density at radius 2 is 2.10 bits per heavy atom. The Bertz CT molecular complexity index is 919. The van der Waals surface area contributed by atoms with Crippen molar-refractivity contribution in [2.45, 2.75) is 45.2 Å². The van der Waals surface area contributed by atoms with Crippen LogP contribution in [0.5, 0.6) is 0 Å². The third kappa shape index (κ3) is 4.12. The van der Waals surface area contributed by atoms with Crippen LogP contribution in [0.1, 0.15) is 30.7 Å². The van der Waals surface area contributed by atoms with Crippen molar-refractivity contribution in [2.24, 2.45) is 0 Å². The molecule has 2 fully saturated rings. The molecule has 2 saturated heterocycles. The number of likely N-dealkylation sites (N-methyl/N-ethyl adjacent to an activating group) is 1. The molecule has 2 aromatic rings. The average Bonchev–Trinajstić information content (AvgIpc) is 3.38. The summed E-state index contributed by atoms with van der Waals surface area (Å²) in [6.45, 7) is 5.78. The summed E-state index contributed by atoms with van der Waals surface area (Å²) in [4.78, 5) is 26.5. The first-order valence-electron chi connectivity index (χ1n) is 10.0. The normalized spacial score (nSPS) is 22.0. The second-order valence-electron chi connectivity index (χ2n) is 8.00. The quantitative estimate of drug-likeness (QED) is 0.716. The minimum atomic E-state index is -0.490. The molecule has 3 N–H and O–H groups in total. The number of nitrogens with zero attached hydrogens (tertiary/aromatic N) is 2. The summed E-state index contributed by atoms with van der Waals surface area (Å²) in [6.07, 6.45) is 1.95. The zero-order chi connectivity index (χ0) is 20.5. The number of nitrogens with one attached hydrogen (secondary N) is 3. The van der Waals surface area contributed by atoms with E-state index in [9.17, 15) is 9.59 Å². The van der Waals surface area contributed by atoms with Crippen molar-refractivity contribution >= 4 is 23.2 Å². The molecular formula is C21H27N5O3. The molecular weight excluding hydrogens is 370 g/mol. The van der Waals surface area contributed by atoms with Crippen LogP contribution in [-0.4, -0.2) is 54.1 Å². The van der Waals surface area contributed by atoms with E-state index in [1.165, 1.54) is 0 Å². The third-order valence-electron chi connectivity index (χ3n) is 5.66. The van der Waals surface area contributed by atoms with Crippen molar-refractivity contribution in [3.05, 3.63) is 29.7 Å². The highest BCUT2D eigenvalue weighted by molar-refractivity contribution is 6.01. The van der Waals surface area contributed by atoms with Gasteiger partial charge in [-0.15, -0.1) is 0 Å². The number of rotatable bonds is 5. The van der Waals surface area contributed by atoms with Gasteiger partial charge in [0.2, 0.25) is 11.8 Å². The van der Waals surface area contributed by atoms with E-state index in [0.29, 0.717) is 24.6 Å². The van der Waals surface area contributed by atoms with Crippen LogP contribution < -0.4 is 16.0 Å². The molecule has 3 heterocycles. The summed E-state index contributed by atoms with van der Waals surface area (Å²) >= 11 is 0. The van der Waals surface area contributed by atoms with E-state index in [0.717, 1.165) is 47.8 Å². The Labute approximate surface area is 170 Å². The molecule has 2 aliphatic heterocycles. The van der Waals surface area contributed by atoms with E-state index >= 15 is 0 Å². The maximum absolute atomic E-state index is 12.7. The Kier molecular flexibility index (Phi) is 5.27. The summed E-state index contributed by atoms with van der Waals surface area (Å²) in [6, 6.07) is 5.79. The number of hydrogen-bond acceptors (Lipinski definition) is 6. The van der Waals surface area contributed by atoms with Crippen molar-refractivity contribution in [3.8, 4) is 11.1 Å². The van der Waals surface area contributed by atoms with Crippen molar-refractivity contribution < 1.29 is 14.1 Å². The van der Waals surface area contributed by atoms with Crippen LogP contribution in [0.2, 0.25) is 0 Å². The monoisotopic (exact) mass is 397 g/mol. The number of aromatic nitrogens is 1. The van der Waals surface area contributed by atoms with E-state index in [1.54, 1.807) is 0 Å². The molecule has 2 unspecified atom stereocenters. The molecule has 29 heavy (non-hydrogen) atoms. The summed E-state index contributed by atoms with van der Waals surface area (Å²) in [5.74, 6) is 0.460. The molecule has 154 valence electrons. The lowest BCUT2D eigenvalue weighted by molar-refractivity contribution is -0.122. The van der Waals surface area contributed by atoms with Crippen molar-refractivity contribution in [1.82, 2.24) is 15.4 Å². The summed E-state index contributed by atoms with van der Waals surface area (Å²) < 4.78 is 5.31. The van der Waals surface area contributed by atoms with Gasteiger partial charge in [0.15, 0.2) is 0 Å². The van der Waals surface area contributed by atoms with Gasteiger partial charge in [0.05, 0.1) is 17.1 Å². The number of likely N-dealkylation sites (tertiary alicyclic amines) is 1. The maximum Gasteiger partial charge on any atom is 0.247 e. The van der Waals surface area contributed by atoms with Crippen LogP contribution in [0.15, 0.2) is 22.7 Å². The van der Waals surface area contributed by atoms with Gasteiger partial charge in [-0.1, -0.05) is 11.2 Å². The number of carbonyl (C=O) groups excluding carboxylic acids is 2. The first-order chi connectivity index (χ1) is 13.9. The first kappa shape index (κ1) is 19.4. The number of carbonyl (C=O) groups is 2. The lowest BCUT2D eigenvalue weighted by Crippen LogP contribution is -2.37. The van der Waals surface area contributed by atoms with Crippen LogP contribution in [0.25, 0.3) is 11.1 Å². The van der Waals surface area contributed by atoms with Crippen LogP contribution in [0.3, 0.4) is 0 Å². The maximum atomic E-state index is 12.7. The Morgan fingerprint density at radius 1 is 1.28 bits per heavy atom. The van der Waals surface area contributed by atoms with Crippen LogP contribution in [-0.2, 0) is 9.59 Å². The van der Waals surface area contributed by atoms with Crippen LogP contribution >= 0.6 is 0 Å². The molecule has 4 rings (SSSR count). The molecule has 0 bridgehead atoms. The summed E-state index contributed by atoms with van der Waals surface area (Å²) in [5, 5.41) is 13.3.